The fraction of sp³-hybridized carbons (Fsp3) is 1.00. The van der Waals surface area contributed by atoms with Gasteiger partial charge in [0, 0.05) is 43.9 Å². The Bertz CT molecular complexity index is 261. The van der Waals surface area contributed by atoms with Gasteiger partial charge in [0.15, 0.2) is 0 Å². The molecule has 0 spiro atoms. The Labute approximate surface area is 112 Å². The Kier molecular flexibility index (Phi) is 4.68. The van der Waals surface area contributed by atoms with E-state index in [9.17, 15) is 0 Å². The average molecular weight is 254 g/mol. The van der Waals surface area contributed by atoms with Crippen LogP contribution in [-0.2, 0) is 4.74 Å². The van der Waals surface area contributed by atoms with Gasteiger partial charge in [0.05, 0.1) is 0 Å². The number of ether oxygens (including phenoxy) is 1. The van der Waals surface area contributed by atoms with Crippen molar-refractivity contribution in [1.82, 2.24) is 10.2 Å². The van der Waals surface area contributed by atoms with Crippen molar-refractivity contribution in [1.29, 1.82) is 0 Å². The first-order chi connectivity index (χ1) is 8.53. The van der Waals surface area contributed by atoms with Gasteiger partial charge in [0.2, 0.25) is 0 Å². The van der Waals surface area contributed by atoms with Gasteiger partial charge in [0.1, 0.15) is 0 Å². The lowest BCUT2D eigenvalue weighted by Gasteiger charge is -2.49. The zero-order valence-electron chi connectivity index (χ0n) is 12.5. The zero-order valence-corrected chi connectivity index (χ0v) is 12.5. The summed E-state index contributed by atoms with van der Waals surface area (Å²) in [6.45, 7) is 13.6. The van der Waals surface area contributed by atoms with E-state index in [-0.39, 0.29) is 5.54 Å². The standard InChI is InChI=1S/C15H30N2O/c1-5-14-10-16-15(3,4)11-17(14)12(2)13-6-8-18-9-7-13/h12-14,16H,5-11H2,1-4H3. The number of hydrogen-bond donors (Lipinski definition) is 1. The molecule has 2 atom stereocenters. The van der Waals surface area contributed by atoms with Crippen LogP contribution in [0.15, 0.2) is 0 Å². The maximum atomic E-state index is 5.50. The van der Waals surface area contributed by atoms with E-state index in [0.717, 1.165) is 25.7 Å². The second-order valence-electron chi connectivity index (χ2n) is 6.69. The van der Waals surface area contributed by atoms with Crippen LogP contribution in [0.3, 0.4) is 0 Å². The van der Waals surface area contributed by atoms with Crippen LogP contribution < -0.4 is 5.32 Å². The Morgan fingerprint density at radius 3 is 2.61 bits per heavy atom. The first-order valence-corrected chi connectivity index (χ1v) is 7.62. The SMILES string of the molecule is CCC1CNC(C)(C)CN1C(C)C1CCOCC1. The summed E-state index contributed by atoms with van der Waals surface area (Å²) in [5.41, 5.74) is 0.255. The van der Waals surface area contributed by atoms with E-state index in [0.29, 0.717) is 12.1 Å². The Morgan fingerprint density at radius 2 is 2.00 bits per heavy atom. The van der Waals surface area contributed by atoms with Crippen molar-refractivity contribution in [3.8, 4) is 0 Å². The molecule has 2 fully saturated rings. The van der Waals surface area contributed by atoms with E-state index < -0.39 is 0 Å². The summed E-state index contributed by atoms with van der Waals surface area (Å²) < 4.78 is 5.50. The summed E-state index contributed by atoms with van der Waals surface area (Å²) in [6, 6.07) is 1.40. The molecule has 0 aromatic rings. The summed E-state index contributed by atoms with van der Waals surface area (Å²) in [4.78, 5) is 2.76. The highest BCUT2D eigenvalue weighted by Gasteiger charge is 2.36. The third kappa shape index (κ3) is 3.25. The van der Waals surface area contributed by atoms with Gasteiger partial charge in [-0.05, 0) is 46.0 Å². The molecule has 0 saturated carbocycles. The van der Waals surface area contributed by atoms with Crippen molar-refractivity contribution < 1.29 is 4.74 Å². The largest absolute Gasteiger partial charge is 0.381 e. The molecular weight excluding hydrogens is 224 g/mol. The molecule has 2 aliphatic heterocycles. The summed E-state index contributed by atoms with van der Waals surface area (Å²) >= 11 is 0. The molecule has 106 valence electrons. The van der Waals surface area contributed by atoms with Crippen molar-refractivity contribution in [3.63, 3.8) is 0 Å². The molecule has 0 amide bonds. The molecule has 0 aromatic carbocycles. The van der Waals surface area contributed by atoms with E-state index in [1.807, 2.05) is 0 Å². The van der Waals surface area contributed by atoms with Gasteiger partial charge >= 0.3 is 0 Å². The highest BCUT2D eigenvalue weighted by Crippen LogP contribution is 2.28. The van der Waals surface area contributed by atoms with E-state index in [4.69, 9.17) is 4.74 Å². The lowest BCUT2D eigenvalue weighted by molar-refractivity contribution is -0.00705. The molecule has 3 heteroatoms. The Morgan fingerprint density at radius 1 is 1.33 bits per heavy atom. The van der Waals surface area contributed by atoms with Crippen LogP contribution in [0.5, 0.6) is 0 Å². The molecular formula is C15H30N2O. The molecule has 0 aliphatic carbocycles. The minimum Gasteiger partial charge on any atom is -0.381 e. The number of nitrogens with zero attached hydrogens (tertiary/aromatic N) is 1. The number of nitrogens with one attached hydrogen (secondary N) is 1. The minimum atomic E-state index is 0.255. The minimum absolute atomic E-state index is 0.255. The van der Waals surface area contributed by atoms with Crippen molar-refractivity contribution in [2.24, 2.45) is 5.92 Å². The lowest BCUT2D eigenvalue weighted by atomic mass is 9.87. The highest BCUT2D eigenvalue weighted by molar-refractivity contribution is 4.95. The van der Waals surface area contributed by atoms with Crippen LogP contribution in [0, 0.1) is 5.92 Å². The number of hydrogen-bond acceptors (Lipinski definition) is 3. The van der Waals surface area contributed by atoms with E-state index in [1.54, 1.807) is 0 Å². The third-order valence-corrected chi connectivity index (χ3v) is 4.81. The maximum absolute atomic E-state index is 5.50. The second kappa shape index (κ2) is 5.89. The Balaban J connectivity index is 2.02. The second-order valence-corrected chi connectivity index (χ2v) is 6.69. The van der Waals surface area contributed by atoms with Gasteiger partial charge in [0.25, 0.3) is 0 Å². The summed E-state index contributed by atoms with van der Waals surface area (Å²) in [5, 5.41) is 3.68. The third-order valence-electron chi connectivity index (χ3n) is 4.81. The molecule has 1 N–H and O–H groups in total. The first-order valence-electron chi connectivity index (χ1n) is 7.62. The van der Waals surface area contributed by atoms with Crippen LogP contribution in [-0.4, -0.2) is 48.8 Å². The van der Waals surface area contributed by atoms with Crippen LogP contribution in [0.1, 0.15) is 47.0 Å². The summed E-state index contributed by atoms with van der Waals surface area (Å²) in [7, 11) is 0. The summed E-state index contributed by atoms with van der Waals surface area (Å²) in [6.07, 6.45) is 3.72. The maximum Gasteiger partial charge on any atom is 0.0469 e. The predicted octanol–water partition coefficient (Wildman–Crippen LogP) is 2.26. The van der Waals surface area contributed by atoms with Crippen molar-refractivity contribution in [2.75, 3.05) is 26.3 Å². The molecule has 0 radical (unpaired) electrons. The van der Waals surface area contributed by atoms with Gasteiger partial charge in [-0.3, -0.25) is 4.90 Å². The van der Waals surface area contributed by atoms with Gasteiger partial charge in [-0.15, -0.1) is 0 Å². The molecule has 2 aliphatic rings. The van der Waals surface area contributed by atoms with E-state index in [2.05, 4.69) is 37.9 Å². The fourth-order valence-electron chi connectivity index (χ4n) is 3.48. The first kappa shape index (κ1) is 14.3. The van der Waals surface area contributed by atoms with Crippen LogP contribution in [0.2, 0.25) is 0 Å². The van der Waals surface area contributed by atoms with Crippen molar-refractivity contribution in [2.45, 2.75) is 64.6 Å². The number of piperazine rings is 1. The fourth-order valence-corrected chi connectivity index (χ4v) is 3.48. The zero-order chi connectivity index (χ0) is 13.2. The van der Waals surface area contributed by atoms with Crippen LogP contribution >= 0.6 is 0 Å². The van der Waals surface area contributed by atoms with Gasteiger partial charge < -0.3 is 10.1 Å². The number of rotatable bonds is 3. The molecule has 3 nitrogen and oxygen atoms in total. The molecule has 2 rings (SSSR count). The van der Waals surface area contributed by atoms with Crippen LogP contribution in [0.4, 0.5) is 0 Å². The van der Waals surface area contributed by atoms with Gasteiger partial charge in [-0.2, -0.15) is 0 Å². The topological polar surface area (TPSA) is 24.5 Å². The highest BCUT2D eigenvalue weighted by atomic mass is 16.5. The lowest BCUT2D eigenvalue weighted by Crippen LogP contribution is -2.64. The molecule has 0 aromatic heterocycles. The Hall–Kier alpha value is -0.120. The van der Waals surface area contributed by atoms with Gasteiger partial charge in [-0.1, -0.05) is 6.92 Å². The molecule has 18 heavy (non-hydrogen) atoms. The van der Waals surface area contributed by atoms with Crippen molar-refractivity contribution >= 4 is 0 Å². The molecule has 2 saturated heterocycles. The summed E-state index contributed by atoms with van der Waals surface area (Å²) in [5.74, 6) is 0.821. The van der Waals surface area contributed by atoms with E-state index in [1.165, 1.54) is 25.8 Å². The smallest absolute Gasteiger partial charge is 0.0469 e. The normalized spacial score (nSPS) is 32.3. The predicted molar refractivity (Wildman–Crippen MR) is 75.9 cm³/mol. The quantitative estimate of drug-likeness (QED) is 0.836. The molecule has 2 unspecified atom stereocenters. The van der Waals surface area contributed by atoms with Crippen molar-refractivity contribution in [3.05, 3.63) is 0 Å². The van der Waals surface area contributed by atoms with Gasteiger partial charge in [-0.25, -0.2) is 0 Å². The average Bonchev–Trinajstić information content (AvgIpc) is 2.38. The van der Waals surface area contributed by atoms with Crippen LogP contribution in [0.25, 0.3) is 0 Å². The van der Waals surface area contributed by atoms with E-state index >= 15 is 0 Å². The molecule has 0 bridgehead atoms. The molecule has 2 heterocycles. The monoisotopic (exact) mass is 254 g/mol.